The smallest absolute Gasteiger partial charge is 0.101 e. The molecule has 0 radical (unpaired) electrons. The van der Waals surface area contributed by atoms with Gasteiger partial charge in [-0.2, -0.15) is 0 Å². The number of aryl methyl sites for hydroxylation is 1. The second-order valence-corrected chi connectivity index (χ2v) is 4.19. The largest absolute Gasteiger partial charge is 0.249 e. The average molecular weight is 214 g/mol. The van der Waals surface area contributed by atoms with Gasteiger partial charge in [0.2, 0.25) is 0 Å². The summed E-state index contributed by atoms with van der Waals surface area (Å²) in [4.78, 5) is 0. The molecule has 4 heteroatoms. The molecule has 0 atom stereocenters. The maximum Gasteiger partial charge on any atom is 0.101 e. The fourth-order valence-electron chi connectivity index (χ4n) is 1.75. The molecule has 2 rings (SSSR count). The molecule has 1 saturated carbocycles. The van der Waals surface area contributed by atoms with Crippen LogP contribution in [0, 0.1) is 5.92 Å². The number of alkyl halides is 1. The van der Waals surface area contributed by atoms with Crippen molar-refractivity contribution in [3.63, 3.8) is 0 Å². The Morgan fingerprint density at radius 2 is 2.29 bits per heavy atom. The summed E-state index contributed by atoms with van der Waals surface area (Å²) in [6.07, 6.45) is 5.02. The normalized spacial score (nSPS) is 16.1. The van der Waals surface area contributed by atoms with Gasteiger partial charge >= 0.3 is 0 Å². The highest BCUT2D eigenvalue weighted by Gasteiger charge is 2.21. The molecule has 0 aromatic carbocycles. The Hall–Kier alpha value is -0.570. The molecule has 78 valence electrons. The summed E-state index contributed by atoms with van der Waals surface area (Å²) < 4.78 is 2.02. The maximum absolute atomic E-state index is 5.78. The highest BCUT2D eigenvalue weighted by Crippen LogP contribution is 2.32. The molecule has 0 bridgehead atoms. The number of hydrogen-bond acceptors (Lipinski definition) is 2. The molecule has 0 saturated heterocycles. The second kappa shape index (κ2) is 4.30. The van der Waals surface area contributed by atoms with E-state index in [0.29, 0.717) is 5.88 Å². The summed E-state index contributed by atoms with van der Waals surface area (Å²) in [5.74, 6) is 1.43. The van der Waals surface area contributed by atoms with Crippen molar-refractivity contribution >= 4 is 11.6 Å². The summed E-state index contributed by atoms with van der Waals surface area (Å²) >= 11 is 5.78. The Balaban J connectivity index is 2.02. The van der Waals surface area contributed by atoms with E-state index in [4.69, 9.17) is 11.6 Å². The summed E-state index contributed by atoms with van der Waals surface area (Å²) in [7, 11) is 0. The molecule has 1 aliphatic carbocycles. The number of nitrogens with zero attached hydrogens (tertiary/aromatic N) is 3. The fourth-order valence-corrected chi connectivity index (χ4v) is 1.96. The van der Waals surface area contributed by atoms with Crippen LogP contribution in [0.3, 0.4) is 0 Å². The molecule has 1 fully saturated rings. The molecule has 3 nitrogen and oxygen atoms in total. The Bertz CT molecular complexity index is 304. The molecule has 0 spiro atoms. The third-order valence-electron chi connectivity index (χ3n) is 2.83. The topological polar surface area (TPSA) is 30.7 Å². The third-order valence-corrected chi connectivity index (χ3v) is 3.08. The number of rotatable bonds is 5. The Labute approximate surface area is 89.4 Å². The highest BCUT2D eigenvalue weighted by atomic mass is 35.5. The summed E-state index contributed by atoms with van der Waals surface area (Å²) in [5.41, 5.74) is 2.16. The minimum Gasteiger partial charge on any atom is -0.249 e. The lowest BCUT2D eigenvalue weighted by Crippen LogP contribution is -2.06. The van der Waals surface area contributed by atoms with Crippen LogP contribution in [-0.4, -0.2) is 15.0 Å². The molecule has 14 heavy (non-hydrogen) atoms. The van der Waals surface area contributed by atoms with E-state index in [0.717, 1.165) is 24.6 Å². The molecule has 1 heterocycles. The van der Waals surface area contributed by atoms with E-state index in [9.17, 15) is 0 Å². The van der Waals surface area contributed by atoms with Crippen LogP contribution in [0.4, 0.5) is 0 Å². The van der Waals surface area contributed by atoms with Crippen molar-refractivity contribution in [3.8, 4) is 0 Å². The lowest BCUT2D eigenvalue weighted by molar-refractivity contribution is 0.515. The Morgan fingerprint density at radius 1 is 1.50 bits per heavy atom. The van der Waals surface area contributed by atoms with Crippen LogP contribution in [-0.2, 0) is 18.8 Å². The standard InChI is InChI=1S/C10H16ClN3/c1-2-10-9(7-11)12-13-14(10)6-5-8-3-4-8/h8H,2-7H2,1H3. The van der Waals surface area contributed by atoms with Crippen molar-refractivity contribution in [2.45, 2.75) is 45.0 Å². The van der Waals surface area contributed by atoms with E-state index in [1.807, 2.05) is 4.68 Å². The van der Waals surface area contributed by atoms with Gasteiger partial charge < -0.3 is 0 Å². The number of hydrogen-bond donors (Lipinski definition) is 0. The average Bonchev–Trinajstić information content (AvgIpc) is 2.95. The van der Waals surface area contributed by atoms with Crippen molar-refractivity contribution < 1.29 is 0 Å². The molecule has 0 aliphatic heterocycles. The third kappa shape index (κ3) is 2.08. The summed E-state index contributed by atoms with van der Waals surface area (Å²) in [5, 5.41) is 8.22. The fraction of sp³-hybridized carbons (Fsp3) is 0.800. The van der Waals surface area contributed by atoms with Crippen LogP contribution in [0.1, 0.15) is 37.6 Å². The Morgan fingerprint density at radius 3 is 2.86 bits per heavy atom. The van der Waals surface area contributed by atoms with Gasteiger partial charge in [-0.15, -0.1) is 16.7 Å². The van der Waals surface area contributed by atoms with Crippen molar-refractivity contribution in [1.29, 1.82) is 0 Å². The van der Waals surface area contributed by atoms with Gasteiger partial charge in [-0.1, -0.05) is 25.0 Å². The van der Waals surface area contributed by atoms with Crippen LogP contribution >= 0.6 is 11.6 Å². The van der Waals surface area contributed by atoms with Gasteiger partial charge in [-0.3, -0.25) is 0 Å². The van der Waals surface area contributed by atoms with E-state index in [1.54, 1.807) is 0 Å². The van der Waals surface area contributed by atoms with Crippen molar-refractivity contribution in [1.82, 2.24) is 15.0 Å². The zero-order valence-electron chi connectivity index (χ0n) is 8.54. The van der Waals surface area contributed by atoms with Crippen LogP contribution < -0.4 is 0 Å². The quantitative estimate of drug-likeness (QED) is 0.704. The van der Waals surface area contributed by atoms with Crippen LogP contribution in [0.25, 0.3) is 0 Å². The first-order chi connectivity index (χ1) is 6.85. The predicted octanol–water partition coefficient (Wildman–Crippen LogP) is 2.38. The Kier molecular flexibility index (Phi) is 3.06. The number of aromatic nitrogens is 3. The molecule has 0 amide bonds. The van der Waals surface area contributed by atoms with Crippen LogP contribution in [0.15, 0.2) is 0 Å². The molecule has 0 unspecified atom stereocenters. The number of halogens is 1. The SMILES string of the molecule is CCc1c(CCl)nnn1CCC1CC1. The minimum absolute atomic E-state index is 0.479. The highest BCUT2D eigenvalue weighted by molar-refractivity contribution is 6.16. The first-order valence-electron chi connectivity index (χ1n) is 5.32. The van der Waals surface area contributed by atoms with E-state index in [-0.39, 0.29) is 0 Å². The van der Waals surface area contributed by atoms with E-state index in [1.165, 1.54) is 25.0 Å². The van der Waals surface area contributed by atoms with E-state index >= 15 is 0 Å². The van der Waals surface area contributed by atoms with Gasteiger partial charge in [-0.05, 0) is 18.8 Å². The zero-order chi connectivity index (χ0) is 9.97. The van der Waals surface area contributed by atoms with Crippen molar-refractivity contribution in [2.24, 2.45) is 5.92 Å². The van der Waals surface area contributed by atoms with Gasteiger partial charge in [0.05, 0.1) is 11.6 Å². The lowest BCUT2D eigenvalue weighted by atomic mass is 10.2. The van der Waals surface area contributed by atoms with Gasteiger partial charge in [0, 0.05) is 6.54 Å². The first kappa shape index (κ1) is 9.97. The van der Waals surface area contributed by atoms with Crippen molar-refractivity contribution in [3.05, 3.63) is 11.4 Å². The summed E-state index contributed by atoms with van der Waals surface area (Å²) in [6.45, 7) is 3.14. The zero-order valence-corrected chi connectivity index (χ0v) is 9.30. The van der Waals surface area contributed by atoms with Gasteiger partial charge in [0.15, 0.2) is 0 Å². The maximum atomic E-state index is 5.78. The van der Waals surface area contributed by atoms with Gasteiger partial charge in [0.25, 0.3) is 0 Å². The molecule has 1 aromatic heterocycles. The van der Waals surface area contributed by atoms with Gasteiger partial charge in [0.1, 0.15) is 5.69 Å². The van der Waals surface area contributed by atoms with Crippen LogP contribution in [0.2, 0.25) is 0 Å². The van der Waals surface area contributed by atoms with E-state index < -0.39 is 0 Å². The molecular weight excluding hydrogens is 198 g/mol. The lowest BCUT2D eigenvalue weighted by Gasteiger charge is -2.04. The first-order valence-corrected chi connectivity index (χ1v) is 5.85. The second-order valence-electron chi connectivity index (χ2n) is 3.93. The summed E-state index contributed by atoms with van der Waals surface area (Å²) in [6, 6.07) is 0. The van der Waals surface area contributed by atoms with Crippen molar-refractivity contribution in [2.75, 3.05) is 0 Å². The van der Waals surface area contributed by atoms with E-state index in [2.05, 4.69) is 17.2 Å². The molecule has 1 aromatic rings. The predicted molar refractivity (Wildman–Crippen MR) is 56.3 cm³/mol. The molecular formula is C10H16ClN3. The van der Waals surface area contributed by atoms with Crippen LogP contribution in [0.5, 0.6) is 0 Å². The monoisotopic (exact) mass is 213 g/mol. The van der Waals surface area contributed by atoms with Gasteiger partial charge in [-0.25, -0.2) is 4.68 Å². The minimum atomic E-state index is 0.479. The molecule has 1 aliphatic rings. The molecule has 0 N–H and O–H groups in total.